The lowest BCUT2D eigenvalue weighted by atomic mass is 10.2. The Morgan fingerprint density at radius 2 is 2.06 bits per heavy atom. The number of amides is 2. The Balaban J connectivity index is 1.71. The molecular weight excluding hydrogens is 248 g/mol. The van der Waals surface area contributed by atoms with Gasteiger partial charge < -0.3 is 5.32 Å². The van der Waals surface area contributed by atoms with E-state index < -0.39 is 0 Å². The van der Waals surface area contributed by atoms with Gasteiger partial charge in [-0.2, -0.15) is 11.3 Å². The average Bonchev–Trinajstić information content (AvgIpc) is 3.03. The summed E-state index contributed by atoms with van der Waals surface area (Å²) in [7, 11) is 0. The Morgan fingerprint density at radius 3 is 2.72 bits per heavy atom. The summed E-state index contributed by atoms with van der Waals surface area (Å²) in [6.45, 7) is 0. The summed E-state index contributed by atoms with van der Waals surface area (Å²) in [6.07, 6.45) is 4.51. The van der Waals surface area contributed by atoms with E-state index in [1.165, 1.54) is 4.90 Å². The molecule has 0 aromatic carbocycles. The van der Waals surface area contributed by atoms with Crippen molar-refractivity contribution >= 4 is 28.8 Å². The Hall–Kier alpha value is -1.36. The SMILES string of the molecule is O=C1CC(Nc2ccsc2)C(=O)N1C1CCCC1. The van der Waals surface area contributed by atoms with Gasteiger partial charge in [-0.05, 0) is 24.3 Å². The van der Waals surface area contributed by atoms with Crippen molar-refractivity contribution in [1.82, 2.24) is 4.90 Å². The minimum absolute atomic E-state index is 0.0142. The lowest BCUT2D eigenvalue weighted by molar-refractivity contribution is -0.141. The van der Waals surface area contributed by atoms with Gasteiger partial charge in [0.15, 0.2) is 0 Å². The predicted molar refractivity (Wildman–Crippen MR) is 70.5 cm³/mol. The van der Waals surface area contributed by atoms with Crippen molar-refractivity contribution < 1.29 is 9.59 Å². The molecule has 4 nitrogen and oxygen atoms in total. The van der Waals surface area contributed by atoms with Crippen molar-refractivity contribution in [3.05, 3.63) is 16.8 Å². The highest BCUT2D eigenvalue weighted by Gasteiger charge is 2.42. The standard InChI is InChI=1S/C13H16N2O2S/c16-12-7-11(14-9-5-6-18-8-9)13(17)15(12)10-3-1-2-4-10/h5-6,8,10-11,14H,1-4,7H2. The van der Waals surface area contributed by atoms with E-state index in [-0.39, 0.29) is 23.9 Å². The molecule has 0 bridgehead atoms. The summed E-state index contributed by atoms with van der Waals surface area (Å²) in [5.74, 6) is -0.0577. The molecule has 2 fully saturated rings. The number of thiophene rings is 1. The molecule has 5 heteroatoms. The third-order valence-corrected chi connectivity index (χ3v) is 4.42. The Morgan fingerprint density at radius 1 is 1.28 bits per heavy atom. The van der Waals surface area contributed by atoms with Gasteiger partial charge in [0.2, 0.25) is 5.91 Å². The predicted octanol–water partition coefficient (Wildman–Crippen LogP) is 2.23. The van der Waals surface area contributed by atoms with E-state index in [4.69, 9.17) is 0 Å². The van der Waals surface area contributed by atoms with Crippen LogP contribution in [-0.4, -0.2) is 28.8 Å². The first-order valence-corrected chi connectivity index (χ1v) is 7.34. The maximum atomic E-state index is 12.3. The van der Waals surface area contributed by atoms with Crippen LogP contribution in [0.4, 0.5) is 5.69 Å². The molecule has 1 saturated heterocycles. The topological polar surface area (TPSA) is 49.4 Å². The summed E-state index contributed by atoms with van der Waals surface area (Å²) >= 11 is 1.58. The highest BCUT2D eigenvalue weighted by molar-refractivity contribution is 7.08. The third-order valence-electron chi connectivity index (χ3n) is 3.73. The van der Waals surface area contributed by atoms with Crippen LogP contribution < -0.4 is 5.32 Å². The molecule has 3 rings (SSSR count). The fourth-order valence-electron chi connectivity index (χ4n) is 2.86. The van der Waals surface area contributed by atoms with Crippen molar-refractivity contribution in [3.8, 4) is 0 Å². The molecule has 1 aliphatic heterocycles. The second kappa shape index (κ2) is 4.72. The van der Waals surface area contributed by atoms with Gasteiger partial charge >= 0.3 is 0 Å². The summed E-state index contributed by atoms with van der Waals surface area (Å²) in [6, 6.07) is 1.72. The number of carbonyl (C=O) groups excluding carboxylic acids is 2. The molecule has 1 saturated carbocycles. The fourth-order valence-corrected chi connectivity index (χ4v) is 3.45. The van der Waals surface area contributed by atoms with Crippen molar-refractivity contribution in [3.63, 3.8) is 0 Å². The molecule has 0 spiro atoms. The van der Waals surface area contributed by atoms with Gasteiger partial charge in [0.25, 0.3) is 5.91 Å². The van der Waals surface area contributed by atoms with Gasteiger partial charge in [-0.25, -0.2) is 0 Å². The molecule has 1 aliphatic carbocycles. The van der Waals surface area contributed by atoms with Crippen LogP contribution in [0.5, 0.6) is 0 Å². The smallest absolute Gasteiger partial charge is 0.252 e. The van der Waals surface area contributed by atoms with Crippen molar-refractivity contribution in [2.24, 2.45) is 0 Å². The lowest BCUT2D eigenvalue weighted by Crippen LogP contribution is -2.40. The zero-order valence-corrected chi connectivity index (χ0v) is 10.9. The van der Waals surface area contributed by atoms with E-state index in [1.54, 1.807) is 11.3 Å². The molecule has 1 aromatic rings. The number of carbonyl (C=O) groups is 2. The minimum Gasteiger partial charge on any atom is -0.373 e. The average molecular weight is 264 g/mol. The van der Waals surface area contributed by atoms with E-state index in [9.17, 15) is 9.59 Å². The van der Waals surface area contributed by atoms with Gasteiger partial charge in [-0.1, -0.05) is 12.8 Å². The number of rotatable bonds is 3. The molecule has 18 heavy (non-hydrogen) atoms. The molecular formula is C13H16N2O2S. The highest BCUT2D eigenvalue weighted by atomic mass is 32.1. The monoisotopic (exact) mass is 264 g/mol. The number of hydrogen-bond donors (Lipinski definition) is 1. The minimum atomic E-state index is -0.368. The normalized spacial score (nSPS) is 25.1. The quantitative estimate of drug-likeness (QED) is 0.852. The second-order valence-electron chi connectivity index (χ2n) is 4.95. The Kier molecular flexibility index (Phi) is 3.07. The van der Waals surface area contributed by atoms with Crippen molar-refractivity contribution in [2.75, 3.05) is 5.32 Å². The molecule has 1 aromatic heterocycles. The molecule has 1 atom stereocenters. The van der Waals surface area contributed by atoms with E-state index in [0.717, 1.165) is 31.4 Å². The summed E-state index contributed by atoms with van der Waals surface area (Å²) in [5.41, 5.74) is 0.930. The number of imide groups is 1. The number of nitrogens with zero attached hydrogens (tertiary/aromatic N) is 1. The molecule has 2 aliphatic rings. The van der Waals surface area contributed by atoms with Crippen LogP contribution in [-0.2, 0) is 9.59 Å². The van der Waals surface area contributed by atoms with E-state index in [0.29, 0.717) is 6.42 Å². The van der Waals surface area contributed by atoms with Crippen LogP contribution in [0.1, 0.15) is 32.1 Å². The number of hydrogen-bond acceptors (Lipinski definition) is 4. The van der Waals surface area contributed by atoms with Gasteiger partial charge in [0, 0.05) is 17.1 Å². The molecule has 0 radical (unpaired) electrons. The van der Waals surface area contributed by atoms with Gasteiger partial charge in [0.05, 0.1) is 6.42 Å². The lowest BCUT2D eigenvalue weighted by Gasteiger charge is -2.22. The van der Waals surface area contributed by atoms with Gasteiger partial charge in [-0.3, -0.25) is 14.5 Å². The first kappa shape index (κ1) is 11.7. The first-order valence-electron chi connectivity index (χ1n) is 6.40. The molecule has 1 unspecified atom stereocenters. The number of nitrogens with one attached hydrogen (secondary N) is 1. The molecule has 96 valence electrons. The van der Waals surface area contributed by atoms with E-state index >= 15 is 0 Å². The first-order chi connectivity index (χ1) is 8.75. The van der Waals surface area contributed by atoms with Crippen molar-refractivity contribution in [2.45, 2.75) is 44.2 Å². The zero-order chi connectivity index (χ0) is 12.5. The molecule has 1 N–H and O–H groups in total. The summed E-state index contributed by atoms with van der Waals surface area (Å²) < 4.78 is 0. The van der Waals surface area contributed by atoms with Crippen LogP contribution in [0.2, 0.25) is 0 Å². The fraction of sp³-hybridized carbons (Fsp3) is 0.538. The van der Waals surface area contributed by atoms with Crippen LogP contribution in [0, 0.1) is 0 Å². The maximum absolute atomic E-state index is 12.3. The van der Waals surface area contributed by atoms with Crippen LogP contribution in [0.3, 0.4) is 0 Å². The van der Waals surface area contributed by atoms with E-state index in [2.05, 4.69) is 5.32 Å². The molecule has 2 heterocycles. The van der Waals surface area contributed by atoms with Gasteiger partial charge in [0.1, 0.15) is 6.04 Å². The zero-order valence-electron chi connectivity index (χ0n) is 10.1. The van der Waals surface area contributed by atoms with E-state index in [1.807, 2.05) is 16.8 Å². The molecule has 2 amide bonds. The highest BCUT2D eigenvalue weighted by Crippen LogP contribution is 2.29. The van der Waals surface area contributed by atoms with Crippen LogP contribution in [0.15, 0.2) is 16.8 Å². The largest absolute Gasteiger partial charge is 0.373 e. The Labute approximate surface area is 110 Å². The Bertz CT molecular complexity index is 452. The van der Waals surface area contributed by atoms with Gasteiger partial charge in [-0.15, -0.1) is 0 Å². The van der Waals surface area contributed by atoms with Crippen LogP contribution >= 0.6 is 11.3 Å². The third kappa shape index (κ3) is 2.03. The van der Waals surface area contributed by atoms with Crippen LogP contribution in [0.25, 0.3) is 0 Å². The summed E-state index contributed by atoms with van der Waals surface area (Å²) in [4.78, 5) is 25.8. The number of likely N-dealkylation sites (tertiary alicyclic amines) is 1. The maximum Gasteiger partial charge on any atom is 0.252 e. The van der Waals surface area contributed by atoms with Crippen molar-refractivity contribution in [1.29, 1.82) is 0 Å². The summed E-state index contributed by atoms with van der Waals surface area (Å²) in [5, 5.41) is 7.06. The second-order valence-corrected chi connectivity index (χ2v) is 5.73. The number of anilines is 1.